The van der Waals surface area contributed by atoms with Crippen LogP contribution in [0.5, 0.6) is 0 Å². The van der Waals surface area contributed by atoms with E-state index in [0.29, 0.717) is 5.69 Å². The fourth-order valence-corrected chi connectivity index (χ4v) is 3.17. The van der Waals surface area contributed by atoms with Gasteiger partial charge in [0.25, 0.3) is 5.91 Å². The van der Waals surface area contributed by atoms with E-state index in [-0.39, 0.29) is 11.4 Å². The molecule has 1 aliphatic carbocycles. The van der Waals surface area contributed by atoms with Crippen molar-refractivity contribution < 1.29 is 4.79 Å². The van der Waals surface area contributed by atoms with Crippen LogP contribution in [0.15, 0.2) is 48.5 Å². The number of pyridine rings is 1. The maximum Gasteiger partial charge on any atom is 0.270 e. The highest BCUT2D eigenvalue weighted by molar-refractivity contribution is 5.93. The summed E-state index contributed by atoms with van der Waals surface area (Å²) in [6.45, 7) is 1.90. The topological polar surface area (TPSA) is 42.0 Å². The van der Waals surface area contributed by atoms with Crippen molar-refractivity contribution in [2.45, 2.75) is 38.1 Å². The number of carbonyl (C=O) groups is 1. The Balaban J connectivity index is 1.88. The van der Waals surface area contributed by atoms with Crippen LogP contribution in [0.3, 0.4) is 0 Å². The maximum atomic E-state index is 12.6. The average Bonchev–Trinajstić information content (AvgIpc) is 2.98. The zero-order valence-corrected chi connectivity index (χ0v) is 12.3. The second-order valence-corrected chi connectivity index (χ2v) is 5.77. The summed E-state index contributed by atoms with van der Waals surface area (Å²) in [7, 11) is 0. The molecule has 1 aromatic carbocycles. The molecule has 0 aliphatic heterocycles. The van der Waals surface area contributed by atoms with Crippen molar-refractivity contribution >= 4 is 5.91 Å². The predicted octanol–water partition coefficient (Wildman–Crippen LogP) is 3.59. The first-order valence-electron chi connectivity index (χ1n) is 7.51. The number of hydrogen-bond donors (Lipinski definition) is 1. The molecule has 3 rings (SSSR count). The molecular weight excluding hydrogens is 260 g/mol. The minimum atomic E-state index is -0.232. The van der Waals surface area contributed by atoms with Crippen LogP contribution in [-0.2, 0) is 5.54 Å². The Kier molecular flexibility index (Phi) is 3.74. The summed E-state index contributed by atoms with van der Waals surface area (Å²) >= 11 is 0. The Morgan fingerprint density at radius 3 is 2.43 bits per heavy atom. The van der Waals surface area contributed by atoms with Gasteiger partial charge in [0, 0.05) is 5.69 Å². The van der Waals surface area contributed by atoms with Crippen LogP contribution in [0.4, 0.5) is 0 Å². The lowest BCUT2D eigenvalue weighted by Crippen LogP contribution is -2.44. The van der Waals surface area contributed by atoms with E-state index in [4.69, 9.17) is 0 Å². The van der Waals surface area contributed by atoms with Crippen LogP contribution < -0.4 is 5.32 Å². The maximum absolute atomic E-state index is 12.6. The number of aryl methyl sites for hydroxylation is 1. The highest BCUT2D eigenvalue weighted by Gasteiger charge is 2.37. The molecule has 1 amide bonds. The number of amides is 1. The molecule has 3 heteroatoms. The van der Waals surface area contributed by atoms with Gasteiger partial charge in [0.2, 0.25) is 0 Å². The molecule has 2 aromatic rings. The molecule has 0 unspecified atom stereocenters. The Morgan fingerprint density at radius 1 is 1.05 bits per heavy atom. The van der Waals surface area contributed by atoms with E-state index in [1.807, 2.05) is 37.3 Å². The summed E-state index contributed by atoms with van der Waals surface area (Å²) in [5.41, 5.74) is 2.33. The Hall–Kier alpha value is -2.16. The number of carbonyl (C=O) groups excluding carboxylic acids is 1. The molecule has 1 saturated carbocycles. The van der Waals surface area contributed by atoms with Crippen LogP contribution >= 0.6 is 0 Å². The van der Waals surface area contributed by atoms with Gasteiger partial charge in [0.05, 0.1) is 5.54 Å². The van der Waals surface area contributed by atoms with Crippen LogP contribution in [0.25, 0.3) is 0 Å². The monoisotopic (exact) mass is 280 g/mol. The Morgan fingerprint density at radius 2 is 1.76 bits per heavy atom. The van der Waals surface area contributed by atoms with Gasteiger partial charge < -0.3 is 5.32 Å². The van der Waals surface area contributed by atoms with Gasteiger partial charge in [-0.25, -0.2) is 4.98 Å². The largest absolute Gasteiger partial charge is 0.341 e. The van der Waals surface area contributed by atoms with E-state index in [1.165, 1.54) is 5.56 Å². The normalized spacial score (nSPS) is 16.6. The average molecular weight is 280 g/mol. The fourth-order valence-electron chi connectivity index (χ4n) is 3.17. The third kappa shape index (κ3) is 2.82. The fraction of sp³-hybridized carbons (Fsp3) is 0.333. The quantitative estimate of drug-likeness (QED) is 0.933. The smallest absolute Gasteiger partial charge is 0.270 e. The lowest BCUT2D eigenvalue weighted by atomic mass is 9.88. The minimum absolute atomic E-state index is 0.0792. The Labute approximate surface area is 125 Å². The molecule has 1 heterocycles. The molecule has 108 valence electrons. The number of nitrogens with one attached hydrogen (secondary N) is 1. The summed E-state index contributed by atoms with van der Waals surface area (Å²) in [6.07, 6.45) is 4.29. The summed E-state index contributed by atoms with van der Waals surface area (Å²) in [5.74, 6) is -0.0792. The number of rotatable bonds is 3. The number of hydrogen-bond acceptors (Lipinski definition) is 2. The molecule has 1 aliphatic rings. The van der Waals surface area contributed by atoms with Gasteiger partial charge in [-0.2, -0.15) is 0 Å². The van der Waals surface area contributed by atoms with Crippen LogP contribution in [0.2, 0.25) is 0 Å². The van der Waals surface area contributed by atoms with Crippen molar-refractivity contribution in [3.63, 3.8) is 0 Å². The molecule has 0 spiro atoms. The SMILES string of the molecule is Cc1cccc(C(=O)NC2(c3ccccc3)CCCC2)n1. The molecule has 0 radical (unpaired) electrons. The van der Waals surface area contributed by atoms with Gasteiger partial charge in [-0.3, -0.25) is 4.79 Å². The van der Waals surface area contributed by atoms with Gasteiger partial charge in [0.1, 0.15) is 5.69 Å². The van der Waals surface area contributed by atoms with E-state index in [0.717, 1.165) is 31.4 Å². The zero-order chi connectivity index (χ0) is 14.7. The summed E-state index contributed by atoms with van der Waals surface area (Å²) in [4.78, 5) is 16.9. The van der Waals surface area contributed by atoms with Gasteiger partial charge in [-0.15, -0.1) is 0 Å². The van der Waals surface area contributed by atoms with E-state index in [9.17, 15) is 4.79 Å². The van der Waals surface area contributed by atoms with Crippen LogP contribution in [-0.4, -0.2) is 10.9 Å². The van der Waals surface area contributed by atoms with Crippen molar-refractivity contribution in [1.29, 1.82) is 0 Å². The summed E-state index contributed by atoms with van der Waals surface area (Å²) < 4.78 is 0. The number of nitrogens with zero attached hydrogens (tertiary/aromatic N) is 1. The van der Waals surface area contributed by atoms with Crippen LogP contribution in [0, 0.1) is 6.92 Å². The molecule has 0 saturated heterocycles. The van der Waals surface area contributed by atoms with Crippen molar-refractivity contribution in [3.05, 3.63) is 65.5 Å². The first-order chi connectivity index (χ1) is 10.2. The lowest BCUT2D eigenvalue weighted by Gasteiger charge is -2.31. The Bertz CT molecular complexity index is 631. The highest BCUT2D eigenvalue weighted by Crippen LogP contribution is 2.38. The summed E-state index contributed by atoms with van der Waals surface area (Å²) in [6, 6.07) is 15.8. The molecule has 0 bridgehead atoms. The van der Waals surface area contributed by atoms with E-state index < -0.39 is 0 Å². The zero-order valence-electron chi connectivity index (χ0n) is 12.3. The molecule has 1 fully saturated rings. The van der Waals surface area contributed by atoms with E-state index in [2.05, 4.69) is 22.4 Å². The molecule has 3 nitrogen and oxygen atoms in total. The van der Waals surface area contributed by atoms with E-state index in [1.54, 1.807) is 6.07 Å². The number of benzene rings is 1. The second-order valence-electron chi connectivity index (χ2n) is 5.77. The third-order valence-corrected chi connectivity index (χ3v) is 4.26. The lowest BCUT2D eigenvalue weighted by molar-refractivity contribution is 0.0893. The highest BCUT2D eigenvalue weighted by atomic mass is 16.2. The molecule has 0 atom stereocenters. The first kappa shape index (κ1) is 13.8. The molecule has 1 N–H and O–H groups in total. The van der Waals surface area contributed by atoms with Crippen molar-refractivity contribution in [2.75, 3.05) is 0 Å². The van der Waals surface area contributed by atoms with Gasteiger partial charge in [0.15, 0.2) is 0 Å². The van der Waals surface area contributed by atoms with Crippen molar-refractivity contribution in [1.82, 2.24) is 10.3 Å². The van der Waals surface area contributed by atoms with Crippen molar-refractivity contribution in [3.8, 4) is 0 Å². The molecule has 21 heavy (non-hydrogen) atoms. The van der Waals surface area contributed by atoms with Crippen molar-refractivity contribution in [2.24, 2.45) is 0 Å². The minimum Gasteiger partial charge on any atom is -0.341 e. The van der Waals surface area contributed by atoms with E-state index >= 15 is 0 Å². The molecular formula is C18H20N2O. The predicted molar refractivity (Wildman–Crippen MR) is 83.0 cm³/mol. The standard InChI is InChI=1S/C18H20N2O/c1-14-8-7-11-16(19-14)17(21)20-18(12-5-6-13-18)15-9-3-2-4-10-15/h2-4,7-11H,5-6,12-13H2,1H3,(H,20,21). The second kappa shape index (κ2) is 5.68. The summed E-state index contributed by atoms with van der Waals surface area (Å²) in [5, 5.41) is 3.25. The third-order valence-electron chi connectivity index (χ3n) is 4.26. The van der Waals surface area contributed by atoms with Gasteiger partial charge >= 0.3 is 0 Å². The molecule has 1 aromatic heterocycles. The number of aromatic nitrogens is 1. The van der Waals surface area contributed by atoms with Gasteiger partial charge in [-0.1, -0.05) is 49.2 Å². The first-order valence-corrected chi connectivity index (χ1v) is 7.51. The van der Waals surface area contributed by atoms with Crippen LogP contribution in [0.1, 0.15) is 47.4 Å². The van der Waals surface area contributed by atoms with Gasteiger partial charge in [-0.05, 0) is 37.5 Å².